The van der Waals surface area contributed by atoms with Crippen molar-refractivity contribution in [2.75, 3.05) is 27.2 Å². The number of carbonyl (C=O) groups excluding carboxylic acids is 1. The lowest BCUT2D eigenvalue weighted by atomic mass is 10.0. The first-order valence-electron chi connectivity index (χ1n) is 11.7. The number of rotatable bonds is 3. The average Bonchev–Trinajstić information content (AvgIpc) is 3.25. The number of benzene rings is 2. The van der Waals surface area contributed by atoms with Crippen molar-refractivity contribution in [1.82, 2.24) is 14.4 Å². The molecule has 0 bridgehead atoms. The van der Waals surface area contributed by atoms with E-state index in [1.807, 2.05) is 49.9 Å². The number of thioether (sulfide) groups is 1. The van der Waals surface area contributed by atoms with E-state index in [1.54, 1.807) is 11.0 Å². The normalized spacial score (nSPS) is 19.4. The second-order valence-electron chi connectivity index (χ2n) is 9.42. The number of hydrogen-bond donors (Lipinski definition) is 0. The summed E-state index contributed by atoms with van der Waals surface area (Å²) in [6, 6.07) is 13.5. The molecule has 2 aliphatic heterocycles. The summed E-state index contributed by atoms with van der Waals surface area (Å²) in [4.78, 5) is 31.9. The van der Waals surface area contributed by atoms with Crippen molar-refractivity contribution in [2.24, 2.45) is 0 Å². The molecule has 1 amide bonds. The molecule has 0 saturated carbocycles. The Hall–Kier alpha value is -2.97. The maximum absolute atomic E-state index is 14.2. The van der Waals surface area contributed by atoms with E-state index >= 15 is 0 Å². The van der Waals surface area contributed by atoms with Gasteiger partial charge in [-0.1, -0.05) is 18.2 Å². The monoisotopic (exact) mass is 495 g/mol. The molecule has 182 valence electrons. The number of aryl methyl sites for hydroxylation is 1. The van der Waals surface area contributed by atoms with Crippen molar-refractivity contribution in [3.05, 3.63) is 92.9 Å². The quantitative estimate of drug-likeness (QED) is 0.533. The Balaban J connectivity index is 1.67. The van der Waals surface area contributed by atoms with Gasteiger partial charge in [0.1, 0.15) is 5.56 Å². The van der Waals surface area contributed by atoms with Gasteiger partial charge in [-0.25, -0.2) is 8.78 Å². The van der Waals surface area contributed by atoms with Gasteiger partial charge >= 0.3 is 0 Å². The molecule has 1 saturated heterocycles. The van der Waals surface area contributed by atoms with Gasteiger partial charge in [-0.2, -0.15) is 0 Å². The third-order valence-corrected chi connectivity index (χ3v) is 8.28. The number of likely N-dealkylation sites (N-methyl/N-ethyl adjacent to an activating group) is 1. The molecule has 5 nitrogen and oxygen atoms in total. The Bertz CT molecular complexity index is 1370. The summed E-state index contributed by atoms with van der Waals surface area (Å²) in [5.74, 6) is -2.08. The van der Waals surface area contributed by atoms with E-state index in [0.717, 1.165) is 28.8 Å². The van der Waals surface area contributed by atoms with Crippen LogP contribution in [0.25, 0.3) is 5.69 Å². The first-order valence-corrected chi connectivity index (χ1v) is 12.5. The van der Waals surface area contributed by atoms with Gasteiger partial charge in [0.05, 0.1) is 5.69 Å². The summed E-state index contributed by atoms with van der Waals surface area (Å²) in [5.41, 5.74) is 2.68. The first kappa shape index (κ1) is 23.8. The Morgan fingerprint density at radius 3 is 2.57 bits per heavy atom. The summed E-state index contributed by atoms with van der Waals surface area (Å²) >= 11 is 1.53. The molecule has 1 fully saturated rings. The summed E-state index contributed by atoms with van der Waals surface area (Å²) in [7, 11) is 3.98. The van der Waals surface area contributed by atoms with Crippen LogP contribution in [0, 0.1) is 18.6 Å². The Labute approximate surface area is 207 Å². The van der Waals surface area contributed by atoms with E-state index < -0.39 is 11.6 Å². The van der Waals surface area contributed by atoms with Gasteiger partial charge in [0.2, 0.25) is 0 Å². The summed E-state index contributed by atoms with van der Waals surface area (Å²) in [5, 5.41) is -0.305. The highest BCUT2D eigenvalue weighted by Crippen LogP contribution is 2.44. The van der Waals surface area contributed by atoms with E-state index in [1.165, 1.54) is 23.9 Å². The van der Waals surface area contributed by atoms with Crippen molar-refractivity contribution in [3.8, 4) is 5.69 Å². The van der Waals surface area contributed by atoms with Gasteiger partial charge in [-0.05, 0) is 57.3 Å². The summed E-state index contributed by atoms with van der Waals surface area (Å²) < 4.78 is 29.8. The van der Waals surface area contributed by atoms with Crippen molar-refractivity contribution in [3.63, 3.8) is 0 Å². The average molecular weight is 496 g/mol. The molecular weight excluding hydrogens is 468 g/mol. The highest BCUT2D eigenvalue weighted by Gasteiger charge is 2.34. The lowest BCUT2D eigenvalue weighted by Crippen LogP contribution is -2.38. The summed E-state index contributed by atoms with van der Waals surface area (Å²) in [6.45, 7) is 3.01. The minimum absolute atomic E-state index is 0.167. The maximum atomic E-state index is 14.2. The SMILES string of the molecule is Cc1cc(=O)c(C(=O)N2CC[C@@H](N(C)C)C2)c2n1-c1ccccc1S[C@@H](c1ccc(F)c(F)c1)C2. The predicted molar refractivity (Wildman–Crippen MR) is 133 cm³/mol. The number of pyridine rings is 1. The fraction of sp³-hybridized carbons (Fsp3) is 0.333. The highest BCUT2D eigenvalue weighted by molar-refractivity contribution is 7.99. The van der Waals surface area contributed by atoms with Gasteiger partial charge in [0, 0.05) is 53.2 Å². The molecule has 0 unspecified atom stereocenters. The molecule has 1 aromatic heterocycles. The third kappa shape index (κ3) is 4.29. The highest BCUT2D eigenvalue weighted by atomic mass is 32.2. The Kier molecular flexibility index (Phi) is 6.27. The number of amides is 1. The first-order chi connectivity index (χ1) is 16.7. The second-order valence-corrected chi connectivity index (χ2v) is 10.7. The maximum Gasteiger partial charge on any atom is 0.259 e. The van der Waals surface area contributed by atoms with Gasteiger partial charge in [0.25, 0.3) is 5.91 Å². The minimum Gasteiger partial charge on any atom is -0.337 e. The van der Waals surface area contributed by atoms with Gasteiger partial charge in [-0.3, -0.25) is 9.59 Å². The number of nitrogens with zero attached hydrogens (tertiary/aromatic N) is 3. The molecule has 5 rings (SSSR count). The molecule has 3 heterocycles. The van der Waals surface area contributed by atoms with E-state index in [9.17, 15) is 18.4 Å². The smallest absolute Gasteiger partial charge is 0.259 e. The van der Waals surface area contributed by atoms with Gasteiger partial charge in [0.15, 0.2) is 17.1 Å². The van der Waals surface area contributed by atoms with Crippen LogP contribution in [0.2, 0.25) is 0 Å². The molecule has 0 aliphatic carbocycles. The van der Waals surface area contributed by atoms with Crippen molar-refractivity contribution < 1.29 is 13.6 Å². The molecule has 3 aromatic rings. The molecule has 8 heteroatoms. The molecule has 2 atom stereocenters. The predicted octanol–water partition coefficient (Wildman–Crippen LogP) is 4.59. The third-order valence-electron chi connectivity index (χ3n) is 6.96. The van der Waals surface area contributed by atoms with Crippen LogP contribution in [0.3, 0.4) is 0 Å². The summed E-state index contributed by atoms with van der Waals surface area (Å²) in [6.07, 6.45) is 1.18. The van der Waals surface area contributed by atoms with Gasteiger partial charge < -0.3 is 14.4 Å². The van der Waals surface area contributed by atoms with Crippen molar-refractivity contribution >= 4 is 17.7 Å². The van der Waals surface area contributed by atoms with Crippen LogP contribution < -0.4 is 5.43 Å². The zero-order valence-electron chi connectivity index (χ0n) is 19.9. The molecule has 2 aromatic carbocycles. The van der Waals surface area contributed by atoms with Gasteiger partial charge in [-0.15, -0.1) is 11.8 Å². The molecule has 0 radical (unpaired) electrons. The molecule has 0 N–H and O–H groups in total. The second kappa shape index (κ2) is 9.24. The lowest BCUT2D eigenvalue weighted by molar-refractivity contribution is 0.0779. The number of hydrogen-bond acceptors (Lipinski definition) is 4. The molecular formula is C27H27F2N3O2S. The standard InChI is InChI=1S/C27H27F2N3O2S/c1-16-12-23(33)26(27(34)31-11-10-18(15-31)30(2)3)22-14-25(17-8-9-19(28)20(29)13-17)35-24-7-5-4-6-21(24)32(16)22/h4-9,12-13,18,25H,10-11,14-15H2,1-3H3/t18-,25-/m1/s1. The van der Waals surface area contributed by atoms with Crippen molar-refractivity contribution in [1.29, 1.82) is 0 Å². The van der Waals surface area contributed by atoms with E-state index in [4.69, 9.17) is 0 Å². The number of halogens is 2. The number of carbonyl (C=O) groups is 1. The zero-order chi connectivity index (χ0) is 24.9. The van der Waals surface area contributed by atoms with Crippen LogP contribution in [-0.4, -0.2) is 53.5 Å². The fourth-order valence-electron chi connectivity index (χ4n) is 5.07. The molecule has 35 heavy (non-hydrogen) atoms. The number of para-hydroxylation sites is 1. The Morgan fingerprint density at radius 2 is 1.86 bits per heavy atom. The molecule has 0 spiro atoms. The fourth-order valence-corrected chi connectivity index (χ4v) is 6.34. The van der Waals surface area contributed by atoms with Crippen LogP contribution in [0.5, 0.6) is 0 Å². The zero-order valence-corrected chi connectivity index (χ0v) is 20.7. The van der Waals surface area contributed by atoms with Crippen molar-refractivity contribution in [2.45, 2.75) is 36.0 Å². The number of aromatic nitrogens is 1. The topological polar surface area (TPSA) is 45.6 Å². The number of likely N-dealkylation sites (tertiary alicyclic amines) is 1. The number of fused-ring (bicyclic) bond motifs is 3. The largest absolute Gasteiger partial charge is 0.337 e. The van der Waals surface area contributed by atoms with Crippen LogP contribution in [0.15, 0.2) is 58.2 Å². The van der Waals surface area contributed by atoms with E-state index in [0.29, 0.717) is 30.8 Å². The minimum atomic E-state index is -0.912. The van der Waals surface area contributed by atoms with E-state index in [-0.39, 0.29) is 28.2 Å². The van der Waals surface area contributed by atoms with Crippen LogP contribution in [0.4, 0.5) is 8.78 Å². The van der Waals surface area contributed by atoms with Crippen LogP contribution >= 0.6 is 11.8 Å². The van der Waals surface area contributed by atoms with E-state index in [2.05, 4.69) is 4.90 Å². The lowest BCUT2D eigenvalue weighted by Gasteiger charge is -2.24. The van der Waals surface area contributed by atoms with Crippen LogP contribution in [0.1, 0.15) is 39.0 Å². The van der Waals surface area contributed by atoms with Crippen LogP contribution in [-0.2, 0) is 6.42 Å². The Morgan fingerprint density at radius 1 is 1.09 bits per heavy atom. The molecule has 2 aliphatic rings.